The Balaban J connectivity index is 2.81. The first-order valence-corrected chi connectivity index (χ1v) is 7.01. The van der Waals surface area contributed by atoms with Crippen LogP contribution in [0.2, 0.25) is 0 Å². The van der Waals surface area contributed by atoms with Gasteiger partial charge in [0.05, 0.1) is 4.47 Å². The van der Waals surface area contributed by atoms with Gasteiger partial charge in [-0.2, -0.15) is 0 Å². The van der Waals surface area contributed by atoms with E-state index in [2.05, 4.69) is 21.2 Å². The van der Waals surface area contributed by atoms with Gasteiger partial charge in [-0.25, -0.2) is 9.59 Å². The van der Waals surface area contributed by atoms with E-state index in [-0.39, 0.29) is 23.4 Å². The van der Waals surface area contributed by atoms with Crippen LogP contribution in [0.5, 0.6) is 0 Å². The third-order valence-corrected chi connectivity index (χ3v) is 3.19. The van der Waals surface area contributed by atoms with Crippen molar-refractivity contribution in [2.75, 3.05) is 0 Å². The minimum absolute atomic E-state index is 0.0938. The molecule has 0 aliphatic carbocycles. The Kier molecular flexibility index (Phi) is 5.89. The third-order valence-electron chi connectivity index (χ3n) is 2.62. The standard InChI is InChI=1S/C12H16BrN3O5/c1-6(2)3-8(11(19)20)14-9(17)5-16-4-7(13)10(18)15-12(16)21/h4,6,8H,3,5H2,1-2H3,(H,14,17)(H,19,20)(H,15,18,21)/t8-/m0/s1. The number of carboxylic acid groups (broad SMARTS) is 1. The lowest BCUT2D eigenvalue weighted by Gasteiger charge is -2.16. The summed E-state index contributed by atoms with van der Waals surface area (Å²) in [6.45, 7) is 3.30. The molecule has 0 saturated heterocycles. The Labute approximate surface area is 128 Å². The van der Waals surface area contributed by atoms with Gasteiger partial charge in [-0.3, -0.25) is 19.1 Å². The topological polar surface area (TPSA) is 121 Å². The largest absolute Gasteiger partial charge is 0.480 e. The quantitative estimate of drug-likeness (QED) is 0.653. The molecule has 21 heavy (non-hydrogen) atoms. The fraction of sp³-hybridized carbons (Fsp3) is 0.500. The molecule has 1 atom stereocenters. The molecule has 0 spiro atoms. The zero-order valence-electron chi connectivity index (χ0n) is 11.6. The summed E-state index contributed by atoms with van der Waals surface area (Å²) in [5.74, 6) is -1.66. The Morgan fingerprint density at radius 2 is 2.05 bits per heavy atom. The summed E-state index contributed by atoms with van der Waals surface area (Å²) >= 11 is 2.95. The van der Waals surface area contributed by atoms with E-state index < -0.39 is 29.2 Å². The normalized spacial score (nSPS) is 12.2. The number of aromatic nitrogens is 2. The Morgan fingerprint density at radius 1 is 1.43 bits per heavy atom. The van der Waals surface area contributed by atoms with Gasteiger partial charge in [0.15, 0.2) is 0 Å². The van der Waals surface area contributed by atoms with Crippen LogP contribution in [0.25, 0.3) is 0 Å². The molecule has 1 heterocycles. The van der Waals surface area contributed by atoms with Crippen molar-refractivity contribution < 1.29 is 14.7 Å². The fourth-order valence-corrected chi connectivity index (χ4v) is 2.03. The monoisotopic (exact) mass is 361 g/mol. The van der Waals surface area contributed by atoms with Crippen LogP contribution in [0.4, 0.5) is 0 Å². The first kappa shape index (κ1) is 17.2. The number of carboxylic acids is 1. The van der Waals surface area contributed by atoms with Crippen molar-refractivity contribution in [3.63, 3.8) is 0 Å². The molecule has 0 unspecified atom stereocenters. The number of aliphatic carboxylic acids is 1. The van der Waals surface area contributed by atoms with Gasteiger partial charge in [-0.15, -0.1) is 0 Å². The zero-order valence-corrected chi connectivity index (χ0v) is 13.1. The maximum absolute atomic E-state index is 11.8. The summed E-state index contributed by atoms with van der Waals surface area (Å²) in [7, 11) is 0. The SMILES string of the molecule is CC(C)C[C@H](NC(=O)Cn1cc(Br)c(=O)[nH]c1=O)C(=O)O. The second kappa shape index (κ2) is 7.21. The first-order chi connectivity index (χ1) is 9.70. The van der Waals surface area contributed by atoms with E-state index in [0.717, 1.165) is 4.57 Å². The highest BCUT2D eigenvalue weighted by molar-refractivity contribution is 9.10. The van der Waals surface area contributed by atoms with E-state index in [4.69, 9.17) is 5.11 Å². The third kappa shape index (κ3) is 5.18. The molecular formula is C12H16BrN3O5. The number of nitrogens with one attached hydrogen (secondary N) is 2. The maximum Gasteiger partial charge on any atom is 0.328 e. The summed E-state index contributed by atoms with van der Waals surface area (Å²) < 4.78 is 1.08. The van der Waals surface area contributed by atoms with Gasteiger partial charge in [0.1, 0.15) is 12.6 Å². The number of hydrogen-bond acceptors (Lipinski definition) is 4. The van der Waals surface area contributed by atoms with Crippen molar-refractivity contribution in [3.8, 4) is 0 Å². The highest BCUT2D eigenvalue weighted by Crippen LogP contribution is 2.05. The van der Waals surface area contributed by atoms with Crippen LogP contribution < -0.4 is 16.6 Å². The van der Waals surface area contributed by atoms with Crippen LogP contribution in [0, 0.1) is 5.92 Å². The van der Waals surface area contributed by atoms with Crippen LogP contribution in [-0.2, 0) is 16.1 Å². The molecule has 0 bridgehead atoms. The minimum atomic E-state index is -1.13. The predicted molar refractivity (Wildman–Crippen MR) is 78.0 cm³/mol. The lowest BCUT2D eigenvalue weighted by Crippen LogP contribution is -2.44. The molecule has 8 nitrogen and oxygen atoms in total. The van der Waals surface area contributed by atoms with Crippen LogP contribution in [0.3, 0.4) is 0 Å². The highest BCUT2D eigenvalue weighted by atomic mass is 79.9. The summed E-state index contributed by atoms with van der Waals surface area (Å²) in [4.78, 5) is 47.6. The number of nitrogens with zero attached hydrogens (tertiary/aromatic N) is 1. The number of carbonyl (C=O) groups excluding carboxylic acids is 1. The Morgan fingerprint density at radius 3 is 2.57 bits per heavy atom. The first-order valence-electron chi connectivity index (χ1n) is 6.22. The molecule has 116 valence electrons. The predicted octanol–water partition coefficient (Wildman–Crippen LogP) is -0.0854. The molecule has 0 fully saturated rings. The molecule has 1 aromatic rings. The summed E-state index contributed by atoms with van der Waals surface area (Å²) in [5.41, 5.74) is -1.34. The second-order valence-electron chi connectivity index (χ2n) is 4.95. The van der Waals surface area contributed by atoms with Gasteiger partial charge < -0.3 is 10.4 Å². The smallest absolute Gasteiger partial charge is 0.328 e. The van der Waals surface area contributed by atoms with E-state index in [1.54, 1.807) is 0 Å². The van der Waals surface area contributed by atoms with Crippen LogP contribution in [-0.4, -0.2) is 32.6 Å². The van der Waals surface area contributed by atoms with E-state index in [9.17, 15) is 19.2 Å². The van der Waals surface area contributed by atoms with Crippen molar-refractivity contribution in [2.45, 2.75) is 32.9 Å². The molecule has 0 aliphatic heterocycles. The van der Waals surface area contributed by atoms with Crippen LogP contribution in [0.15, 0.2) is 20.3 Å². The summed E-state index contributed by atoms with van der Waals surface area (Å²) in [5, 5.41) is 11.4. The number of H-pyrrole nitrogens is 1. The molecule has 3 N–H and O–H groups in total. The van der Waals surface area contributed by atoms with Crippen molar-refractivity contribution >= 4 is 27.8 Å². The van der Waals surface area contributed by atoms with Crippen LogP contribution >= 0.6 is 15.9 Å². The van der Waals surface area contributed by atoms with Crippen molar-refractivity contribution in [1.82, 2.24) is 14.9 Å². The maximum atomic E-state index is 11.8. The van der Waals surface area contributed by atoms with E-state index in [0.29, 0.717) is 0 Å². The van der Waals surface area contributed by atoms with Gasteiger partial charge in [0.2, 0.25) is 5.91 Å². The van der Waals surface area contributed by atoms with Gasteiger partial charge in [0, 0.05) is 6.20 Å². The van der Waals surface area contributed by atoms with Gasteiger partial charge >= 0.3 is 11.7 Å². The Hall–Kier alpha value is -1.90. The van der Waals surface area contributed by atoms with Crippen molar-refractivity contribution in [1.29, 1.82) is 0 Å². The molecule has 9 heteroatoms. The lowest BCUT2D eigenvalue weighted by molar-refractivity contribution is -0.142. The number of halogens is 1. The summed E-state index contributed by atoms with van der Waals surface area (Å²) in [6.07, 6.45) is 1.46. The molecule has 1 aromatic heterocycles. The number of hydrogen-bond donors (Lipinski definition) is 3. The molecule has 1 amide bonds. The lowest BCUT2D eigenvalue weighted by atomic mass is 10.0. The van der Waals surface area contributed by atoms with Crippen LogP contribution in [0.1, 0.15) is 20.3 Å². The fourth-order valence-electron chi connectivity index (χ4n) is 1.69. The van der Waals surface area contributed by atoms with Gasteiger partial charge in [-0.1, -0.05) is 13.8 Å². The molecule has 1 rings (SSSR count). The summed E-state index contributed by atoms with van der Waals surface area (Å²) in [6, 6.07) is -1.01. The molecule has 0 aliphatic rings. The van der Waals surface area contributed by atoms with Crippen molar-refractivity contribution in [2.24, 2.45) is 5.92 Å². The van der Waals surface area contributed by atoms with E-state index in [1.165, 1.54) is 6.20 Å². The zero-order chi connectivity index (χ0) is 16.2. The minimum Gasteiger partial charge on any atom is -0.480 e. The van der Waals surface area contributed by atoms with E-state index in [1.807, 2.05) is 18.8 Å². The average molecular weight is 362 g/mol. The number of aromatic amines is 1. The number of amides is 1. The van der Waals surface area contributed by atoms with Gasteiger partial charge in [0.25, 0.3) is 5.56 Å². The van der Waals surface area contributed by atoms with Crippen molar-refractivity contribution in [3.05, 3.63) is 31.5 Å². The number of carbonyl (C=O) groups is 2. The Bertz CT molecular complexity index is 649. The molecule has 0 radical (unpaired) electrons. The van der Waals surface area contributed by atoms with Gasteiger partial charge in [-0.05, 0) is 28.3 Å². The second-order valence-corrected chi connectivity index (χ2v) is 5.81. The molecule has 0 saturated carbocycles. The van der Waals surface area contributed by atoms with E-state index >= 15 is 0 Å². The number of rotatable bonds is 6. The molecular weight excluding hydrogens is 346 g/mol. The average Bonchev–Trinajstić information content (AvgIpc) is 2.34. The molecule has 0 aromatic carbocycles. The highest BCUT2D eigenvalue weighted by Gasteiger charge is 2.21.